The number of anilines is 1. The Bertz CT molecular complexity index is 638. The average Bonchev–Trinajstić information content (AvgIpc) is 2.87. The summed E-state index contributed by atoms with van der Waals surface area (Å²) in [5.74, 6) is 0.0753. The SMILES string of the molecule is COc1cccc(NC(=O)Cn2ccc(C(F)(F)F)n2)c1. The van der Waals surface area contributed by atoms with Gasteiger partial charge in [-0.2, -0.15) is 18.3 Å². The summed E-state index contributed by atoms with van der Waals surface area (Å²) in [4.78, 5) is 11.7. The predicted molar refractivity (Wildman–Crippen MR) is 68.9 cm³/mol. The summed E-state index contributed by atoms with van der Waals surface area (Å²) in [5, 5.41) is 5.86. The molecule has 2 aromatic rings. The zero-order valence-corrected chi connectivity index (χ0v) is 11.0. The van der Waals surface area contributed by atoms with E-state index in [1.165, 1.54) is 7.11 Å². The molecule has 1 N–H and O–H groups in total. The Balaban J connectivity index is 2.00. The molecule has 0 aliphatic carbocycles. The van der Waals surface area contributed by atoms with Crippen LogP contribution >= 0.6 is 0 Å². The first-order valence-electron chi connectivity index (χ1n) is 5.93. The van der Waals surface area contributed by atoms with Crippen molar-refractivity contribution in [3.05, 3.63) is 42.2 Å². The summed E-state index contributed by atoms with van der Waals surface area (Å²) in [7, 11) is 1.49. The van der Waals surface area contributed by atoms with Crippen LogP contribution < -0.4 is 10.1 Å². The summed E-state index contributed by atoms with van der Waals surface area (Å²) in [6.45, 7) is -0.312. The van der Waals surface area contributed by atoms with Crippen molar-refractivity contribution in [3.8, 4) is 5.75 Å². The fraction of sp³-hybridized carbons (Fsp3) is 0.231. The molecule has 0 bridgehead atoms. The predicted octanol–water partition coefficient (Wildman–Crippen LogP) is 2.55. The molecule has 0 spiro atoms. The quantitative estimate of drug-likeness (QED) is 0.944. The van der Waals surface area contributed by atoms with Gasteiger partial charge in [-0.05, 0) is 18.2 Å². The van der Waals surface area contributed by atoms with Crippen LogP contribution in [0, 0.1) is 0 Å². The van der Waals surface area contributed by atoms with Gasteiger partial charge in [0.25, 0.3) is 0 Å². The van der Waals surface area contributed by atoms with E-state index in [1.54, 1.807) is 24.3 Å². The molecule has 0 radical (unpaired) electrons. The molecule has 0 saturated heterocycles. The summed E-state index contributed by atoms with van der Waals surface area (Å²) < 4.78 is 43.1. The first-order chi connectivity index (χ1) is 9.88. The minimum Gasteiger partial charge on any atom is -0.497 e. The number of methoxy groups -OCH3 is 1. The standard InChI is InChI=1S/C13H12F3N3O2/c1-21-10-4-2-3-9(7-10)17-12(20)8-19-6-5-11(18-19)13(14,15)16/h2-7H,8H2,1H3,(H,17,20). The highest BCUT2D eigenvalue weighted by atomic mass is 19.4. The second-order valence-corrected chi connectivity index (χ2v) is 4.18. The third-order valence-corrected chi connectivity index (χ3v) is 2.59. The molecule has 1 aromatic carbocycles. The fourth-order valence-corrected chi connectivity index (χ4v) is 1.65. The van der Waals surface area contributed by atoms with E-state index < -0.39 is 17.8 Å². The minimum atomic E-state index is -4.52. The first kappa shape index (κ1) is 14.9. The lowest BCUT2D eigenvalue weighted by Gasteiger charge is -2.07. The molecular formula is C13H12F3N3O2. The summed E-state index contributed by atoms with van der Waals surface area (Å²) >= 11 is 0. The number of halogens is 3. The number of hydrogen-bond donors (Lipinski definition) is 1. The maximum atomic E-state index is 12.4. The number of nitrogens with one attached hydrogen (secondary N) is 1. The number of ether oxygens (including phenoxy) is 1. The van der Waals surface area contributed by atoms with Gasteiger partial charge in [-0.3, -0.25) is 9.48 Å². The van der Waals surface area contributed by atoms with Crippen LogP contribution in [0.15, 0.2) is 36.5 Å². The molecule has 0 unspecified atom stereocenters. The zero-order chi connectivity index (χ0) is 15.5. The van der Waals surface area contributed by atoms with E-state index in [9.17, 15) is 18.0 Å². The van der Waals surface area contributed by atoms with Gasteiger partial charge in [-0.25, -0.2) is 0 Å². The van der Waals surface area contributed by atoms with Gasteiger partial charge in [0.1, 0.15) is 12.3 Å². The first-order valence-corrected chi connectivity index (χ1v) is 5.93. The largest absolute Gasteiger partial charge is 0.497 e. The van der Waals surface area contributed by atoms with Crippen molar-refractivity contribution in [2.75, 3.05) is 12.4 Å². The average molecular weight is 299 g/mol. The number of amides is 1. The lowest BCUT2D eigenvalue weighted by atomic mass is 10.3. The van der Waals surface area contributed by atoms with Crippen LogP contribution in [0.25, 0.3) is 0 Å². The lowest BCUT2D eigenvalue weighted by Crippen LogP contribution is -2.19. The molecule has 0 aliphatic heterocycles. The number of carbonyl (C=O) groups is 1. The Labute approximate surface area is 118 Å². The van der Waals surface area contributed by atoms with Gasteiger partial charge >= 0.3 is 6.18 Å². The van der Waals surface area contributed by atoms with Crippen molar-refractivity contribution < 1.29 is 22.7 Å². The number of aromatic nitrogens is 2. The van der Waals surface area contributed by atoms with Crippen molar-refractivity contribution >= 4 is 11.6 Å². The minimum absolute atomic E-state index is 0.312. The summed E-state index contributed by atoms with van der Waals surface area (Å²) in [6, 6.07) is 7.45. The Morgan fingerprint density at radius 2 is 2.14 bits per heavy atom. The smallest absolute Gasteiger partial charge is 0.435 e. The number of hydrogen-bond acceptors (Lipinski definition) is 3. The number of carbonyl (C=O) groups excluding carboxylic acids is 1. The van der Waals surface area contributed by atoms with Crippen molar-refractivity contribution in [2.45, 2.75) is 12.7 Å². The molecule has 0 aliphatic rings. The van der Waals surface area contributed by atoms with Gasteiger partial charge in [-0.15, -0.1) is 0 Å². The van der Waals surface area contributed by atoms with Crippen LogP contribution in [0.4, 0.5) is 18.9 Å². The Morgan fingerprint density at radius 3 is 2.76 bits per heavy atom. The number of nitrogens with zero attached hydrogens (tertiary/aromatic N) is 2. The second kappa shape index (κ2) is 5.86. The maximum absolute atomic E-state index is 12.4. The molecule has 21 heavy (non-hydrogen) atoms. The van der Waals surface area contributed by atoms with Crippen LogP contribution in [0.2, 0.25) is 0 Å². The van der Waals surface area contributed by atoms with Crippen LogP contribution in [0.1, 0.15) is 5.69 Å². The molecule has 0 atom stereocenters. The normalized spacial score (nSPS) is 11.2. The number of benzene rings is 1. The van der Waals surface area contributed by atoms with Crippen LogP contribution in [-0.2, 0) is 17.5 Å². The number of alkyl halides is 3. The van der Waals surface area contributed by atoms with E-state index in [4.69, 9.17) is 4.74 Å². The molecule has 1 amide bonds. The monoisotopic (exact) mass is 299 g/mol. The van der Waals surface area contributed by atoms with E-state index in [1.807, 2.05) is 0 Å². The second-order valence-electron chi connectivity index (χ2n) is 4.18. The molecule has 5 nitrogen and oxygen atoms in total. The van der Waals surface area contributed by atoms with Gasteiger partial charge < -0.3 is 10.1 Å². The van der Waals surface area contributed by atoms with E-state index in [2.05, 4.69) is 10.4 Å². The molecule has 8 heteroatoms. The van der Waals surface area contributed by atoms with Crippen LogP contribution in [-0.4, -0.2) is 22.8 Å². The van der Waals surface area contributed by atoms with E-state index in [0.717, 1.165) is 16.9 Å². The Kier molecular flexibility index (Phi) is 4.15. The third-order valence-electron chi connectivity index (χ3n) is 2.59. The van der Waals surface area contributed by atoms with E-state index in [0.29, 0.717) is 11.4 Å². The van der Waals surface area contributed by atoms with E-state index in [-0.39, 0.29) is 6.54 Å². The lowest BCUT2D eigenvalue weighted by molar-refractivity contribution is -0.141. The summed E-state index contributed by atoms with van der Waals surface area (Å²) in [6.07, 6.45) is -3.41. The zero-order valence-electron chi connectivity index (χ0n) is 11.0. The van der Waals surface area contributed by atoms with Crippen LogP contribution in [0.3, 0.4) is 0 Å². The molecule has 1 heterocycles. The third kappa shape index (κ3) is 3.98. The van der Waals surface area contributed by atoms with Crippen molar-refractivity contribution in [3.63, 3.8) is 0 Å². The fourth-order valence-electron chi connectivity index (χ4n) is 1.65. The molecule has 1 aromatic heterocycles. The Morgan fingerprint density at radius 1 is 1.38 bits per heavy atom. The van der Waals surface area contributed by atoms with Crippen molar-refractivity contribution in [1.29, 1.82) is 0 Å². The van der Waals surface area contributed by atoms with Crippen LogP contribution in [0.5, 0.6) is 5.75 Å². The number of rotatable bonds is 4. The highest BCUT2D eigenvalue weighted by molar-refractivity contribution is 5.90. The van der Waals surface area contributed by atoms with E-state index >= 15 is 0 Å². The molecule has 0 saturated carbocycles. The highest BCUT2D eigenvalue weighted by Gasteiger charge is 2.33. The molecule has 0 fully saturated rings. The van der Waals surface area contributed by atoms with Crippen molar-refractivity contribution in [2.24, 2.45) is 0 Å². The van der Waals surface area contributed by atoms with Gasteiger partial charge in [-0.1, -0.05) is 6.07 Å². The maximum Gasteiger partial charge on any atom is 0.435 e. The van der Waals surface area contributed by atoms with Gasteiger partial charge in [0.2, 0.25) is 5.91 Å². The Hall–Kier alpha value is -2.51. The summed E-state index contributed by atoms with van der Waals surface area (Å²) in [5.41, 5.74) is -0.542. The van der Waals surface area contributed by atoms with Gasteiger partial charge in [0.05, 0.1) is 7.11 Å². The van der Waals surface area contributed by atoms with Gasteiger partial charge in [0, 0.05) is 18.0 Å². The topological polar surface area (TPSA) is 56.1 Å². The molecule has 112 valence electrons. The highest BCUT2D eigenvalue weighted by Crippen LogP contribution is 2.27. The van der Waals surface area contributed by atoms with Gasteiger partial charge in [0.15, 0.2) is 5.69 Å². The molecule has 2 rings (SSSR count). The van der Waals surface area contributed by atoms with Crippen molar-refractivity contribution in [1.82, 2.24) is 9.78 Å². The molecular weight excluding hydrogens is 287 g/mol.